The minimum atomic E-state index is -0.361. The molecule has 26 heavy (non-hydrogen) atoms. The number of carbonyl (C=O) groups is 1. The average molecular weight is 353 g/mol. The number of esters is 1. The highest BCUT2D eigenvalue weighted by Crippen LogP contribution is 2.54. The summed E-state index contributed by atoms with van der Waals surface area (Å²) < 4.78 is 16.8. The Kier molecular flexibility index (Phi) is 3.83. The number of aryl methyl sites for hydroxylation is 1. The molecule has 0 amide bonds. The van der Waals surface area contributed by atoms with E-state index in [0.717, 1.165) is 33.9 Å². The van der Waals surface area contributed by atoms with Crippen molar-refractivity contribution >= 4 is 11.7 Å². The van der Waals surface area contributed by atoms with Crippen molar-refractivity contribution in [3.8, 4) is 11.5 Å². The number of hydrogen-bond donors (Lipinski definition) is 1. The van der Waals surface area contributed by atoms with E-state index in [-0.39, 0.29) is 30.3 Å². The molecular weight excluding hydrogens is 330 g/mol. The molecular formula is C21H23NO4. The van der Waals surface area contributed by atoms with E-state index in [1.54, 1.807) is 0 Å². The van der Waals surface area contributed by atoms with Crippen LogP contribution in [0.25, 0.3) is 0 Å². The van der Waals surface area contributed by atoms with Gasteiger partial charge in [0, 0.05) is 23.6 Å². The third kappa shape index (κ3) is 2.68. The summed E-state index contributed by atoms with van der Waals surface area (Å²) >= 11 is 0. The van der Waals surface area contributed by atoms with Gasteiger partial charge >= 0.3 is 5.97 Å². The minimum Gasteiger partial charge on any atom is -0.457 e. The highest BCUT2D eigenvalue weighted by Gasteiger charge is 2.46. The SMILES string of the molecule is CC(=O)OC1c2cc(C)ccc2NC(c2ccc3c(c2)OCO3)C1(C)C. The lowest BCUT2D eigenvalue weighted by Gasteiger charge is -2.46. The Hall–Kier alpha value is -2.69. The predicted molar refractivity (Wildman–Crippen MR) is 98.4 cm³/mol. The van der Waals surface area contributed by atoms with E-state index in [4.69, 9.17) is 14.2 Å². The normalized spacial score (nSPS) is 22.3. The van der Waals surface area contributed by atoms with Crippen LogP contribution in [0.3, 0.4) is 0 Å². The number of benzene rings is 2. The average Bonchev–Trinajstić information content (AvgIpc) is 3.05. The van der Waals surface area contributed by atoms with Crippen LogP contribution in [0.5, 0.6) is 11.5 Å². The van der Waals surface area contributed by atoms with Crippen molar-refractivity contribution in [3.63, 3.8) is 0 Å². The first-order valence-corrected chi connectivity index (χ1v) is 8.80. The molecule has 0 spiro atoms. The van der Waals surface area contributed by atoms with Gasteiger partial charge in [0.1, 0.15) is 6.10 Å². The van der Waals surface area contributed by atoms with Crippen molar-refractivity contribution in [2.75, 3.05) is 12.1 Å². The molecule has 5 nitrogen and oxygen atoms in total. The number of nitrogens with one attached hydrogen (secondary N) is 1. The second-order valence-corrected chi connectivity index (χ2v) is 7.59. The van der Waals surface area contributed by atoms with Crippen molar-refractivity contribution in [1.29, 1.82) is 0 Å². The van der Waals surface area contributed by atoms with E-state index >= 15 is 0 Å². The molecule has 2 unspecified atom stereocenters. The first kappa shape index (κ1) is 16.8. The number of anilines is 1. The molecule has 0 radical (unpaired) electrons. The van der Waals surface area contributed by atoms with Crippen LogP contribution in [0.4, 0.5) is 5.69 Å². The van der Waals surface area contributed by atoms with Crippen LogP contribution in [-0.2, 0) is 9.53 Å². The summed E-state index contributed by atoms with van der Waals surface area (Å²) in [6.45, 7) is 7.99. The Labute approximate surface area is 153 Å². The van der Waals surface area contributed by atoms with Gasteiger partial charge in [-0.3, -0.25) is 4.79 Å². The molecule has 136 valence electrons. The van der Waals surface area contributed by atoms with Crippen molar-refractivity contribution < 1.29 is 19.0 Å². The van der Waals surface area contributed by atoms with Crippen LogP contribution < -0.4 is 14.8 Å². The quantitative estimate of drug-likeness (QED) is 0.805. The molecule has 2 heterocycles. The maximum Gasteiger partial charge on any atom is 0.303 e. The Morgan fingerprint density at radius 3 is 2.69 bits per heavy atom. The second kappa shape index (κ2) is 5.94. The molecule has 5 heteroatoms. The first-order valence-electron chi connectivity index (χ1n) is 8.80. The third-order valence-electron chi connectivity index (χ3n) is 5.22. The summed E-state index contributed by atoms with van der Waals surface area (Å²) in [5.41, 5.74) is 3.86. The van der Waals surface area contributed by atoms with E-state index in [9.17, 15) is 4.79 Å². The molecule has 0 aromatic heterocycles. The molecule has 2 aliphatic heterocycles. The summed E-state index contributed by atoms with van der Waals surface area (Å²) in [6, 6.07) is 12.1. The molecule has 4 rings (SSSR count). The van der Waals surface area contributed by atoms with Gasteiger partial charge in [-0.25, -0.2) is 0 Å². The summed E-state index contributed by atoms with van der Waals surface area (Å²) in [7, 11) is 0. The van der Waals surface area contributed by atoms with Crippen molar-refractivity contribution in [1.82, 2.24) is 0 Å². The van der Waals surface area contributed by atoms with Gasteiger partial charge in [0.2, 0.25) is 6.79 Å². The molecule has 0 saturated carbocycles. The van der Waals surface area contributed by atoms with Crippen LogP contribution in [0, 0.1) is 12.3 Å². The molecule has 2 aromatic rings. The summed E-state index contributed by atoms with van der Waals surface area (Å²) in [6.07, 6.45) is -0.341. The molecule has 1 N–H and O–H groups in total. The van der Waals surface area contributed by atoms with Gasteiger partial charge in [0.25, 0.3) is 0 Å². The monoisotopic (exact) mass is 353 g/mol. The molecule has 2 aliphatic rings. The Morgan fingerprint density at radius 1 is 1.15 bits per heavy atom. The number of ether oxygens (including phenoxy) is 3. The largest absolute Gasteiger partial charge is 0.457 e. The maximum absolute atomic E-state index is 11.8. The Balaban J connectivity index is 1.81. The Bertz CT molecular complexity index is 874. The van der Waals surface area contributed by atoms with Crippen molar-refractivity contribution in [2.24, 2.45) is 5.41 Å². The molecule has 2 atom stereocenters. The van der Waals surface area contributed by atoms with Gasteiger partial charge in [-0.15, -0.1) is 0 Å². The fourth-order valence-electron chi connectivity index (χ4n) is 3.91. The van der Waals surface area contributed by atoms with E-state index in [1.165, 1.54) is 6.92 Å². The van der Waals surface area contributed by atoms with Crippen LogP contribution in [0.2, 0.25) is 0 Å². The van der Waals surface area contributed by atoms with E-state index in [1.807, 2.05) is 25.1 Å². The predicted octanol–water partition coefficient (Wildman–Crippen LogP) is 4.52. The highest BCUT2D eigenvalue weighted by atomic mass is 16.7. The number of hydrogen-bond acceptors (Lipinski definition) is 5. The van der Waals surface area contributed by atoms with E-state index in [2.05, 4.69) is 37.4 Å². The molecule has 2 aromatic carbocycles. The molecule has 0 fully saturated rings. The standard InChI is InChI=1S/C21H23NO4/c1-12-5-7-16-15(9-12)20(26-13(2)23)21(3,4)19(22-16)14-6-8-17-18(10-14)25-11-24-17/h5-10,19-20,22H,11H2,1-4H3. The summed E-state index contributed by atoms with van der Waals surface area (Å²) in [5, 5.41) is 3.64. The zero-order chi connectivity index (χ0) is 18.5. The highest BCUT2D eigenvalue weighted by molar-refractivity contribution is 5.68. The topological polar surface area (TPSA) is 56.8 Å². The molecule has 0 aliphatic carbocycles. The third-order valence-corrected chi connectivity index (χ3v) is 5.22. The second-order valence-electron chi connectivity index (χ2n) is 7.59. The van der Waals surface area contributed by atoms with Crippen LogP contribution in [0.1, 0.15) is 49.6 Å². The first-order chi connectivity index (χ1) is 12.4. The molecule has 0 saturated heterocycles. The lowest BCUT2D eigenvalue weighted by molar-refractivity contribution is -0.154. The zero-order valence-corrected chi connectivity index (χ0v) is 15.5. The fourth-order valence-corrected chi connectivity index (χ4v) is 3.91. The van der Waals surface area contributed by atoms with E-state index < -0.39 is 0 Å². The zero-order valence-electron chi connectivity index (χ0n) is 15.5. The van der Waals surface area contributed by atoms with Gasteiger partial charge in [0.15, 0.2) is 11.5 Å². The van der Waals surface area contributed by atoms with Gasteiger partial charge in [-0.2, -0.15) is 0 Å². The lowest BCUT2D eigenvalue weighted by Crippen LogP contribution is -2.40. The Morgan fingerprint density at radius 2 is 1.92 bits per heavy atom. The van der Waals surface area contributed by atoms with Crippen LogP contribution in [0.15, 0.2) is 36.4 Å². The van der Waals surface area contributed by atoms with Gasteiger partial charge < -0.3 is 19.5 Å². The van der Waals surface area contributed by atoms with Gasteiger partial charge in [0.05, 0.1) is 6.04 Å². The maximum atomic E-state index is 11.8. The lowest BCUT2D eigenvalue weighted by atomic mass is 9.70. The van der Waals surface area contributed by atoms with Gasteiger partial charge in [-0.05, 0) is 30.7 Å². The van der Waals surface area contributed by atoms with Crippen molar-refractivity contribution in [2.45, 2.75) is 39.8 Å². The van der Waals surface area contributed by atoms with E-state index in [0.29, 0.717) is 0 Å². The van der Waals surface area contributed by atoms with Crippen LogP contribution >= 0.6 is 0 Å². The summed E-state index contributed by atoms with van der Waals surface area (Å²) in [5.74, 6) is 1.23. The number of rotatable bonds is 2. The van der Waals surface area contributed by atoms with Crippen LogP contribution in [-0.4, -0.2) is 12.8 Å². The smallest absolute Gasteiger partial charge is 0.303 e. The number of fused-ring (bicyclic) bond motifs is 2. The summed E-state index contributed by atoms with van der Waals surface area (Å²) in [4.78, 5) is 11.8. The van der Waals surface area contributed by atoms with Crippen molar-refractivity contribution in [3.05, 3.63) is 53.1 Å². The fraction of sp³-hybridized carbons (Fsp3) is 0.381. The minimum absolute atomic E-state index is 0.0449. The molecule has 0 bridgehead atoms. The van der Waals surface area contributed by atoms with Gasteiger partial charge in [-0.1, -0.05) is 37.6 Å². The number of carbonyl (C=O) groups excluding carboxylic acids is 1.